The molecule has 0 aliphatic carbocycles. The van der Waals surface area contributed by atoms with Gasteiger partial charge in [0.05, 0.1) is 6.61 Å². The van der Waals surface area contributed by atoms with Gasteiger partial charge in [0.2, 0.25) is 5.88 Å². The van der Waals surface area contributed by atoms with Gasteiger partial charge in [-0.15, -0.1) is 0 Å². The highest BCUT2D eigenvalue weighted by molar-refractivity contribution is 5.46. The number of aromatic nitrogens is 1. The third-order valence-corrected chi connectivity index (χ3v) is 1.97. The SMILES string of the molecule is Cc1cnc(OCCCC(F)(F)F)cc1N. The second-order valence-corrected chi connectivity index (χ2v) is 3.45. The maximum atomic E-state index is 11.8. The lowest BCUT2D eigenvalue weighted by Gasteiger charge is -2.08. The molecular formula is C10H13F3N2O. The molecule has 0 spiro atoms. The summed E-state index contributed by atoms with van der Waals surface area (Å²) in [5, 5.41) is 0. The molecule has 0 unspecified atom stereocenters. The Hall–Kier alpha value is -1.46. The van der Waals surface area contributed by atoms with Crippen LogP contribution in [0.1, 0.15) is 18.4 Å². The monoisotopic (exact) mass is 234 g/mol. The maximum Gasteiger partial charge on any atom is 0.389 e. The van der Waals surface area contributed by atoms with Gasteiger partial charge in [0.15, 0.2) is 0 Å². The summed E-state index contributed by atoms with van der Waals surface area (Å²) in [5.41, 5.74) is 6.92. The van der Waals surface area contributed by atoms with Crippen molar-refractivity contribution in [1.29, 1.82) is 0 Å². The lowest BCUT2D eigenvalue weighted by molar-refractivity contribution is -0.136. The number of nitrogens with zero attached hydrogens (tertiary/aromatic N) is 1. The molecule has 0 aliphatic heterocycles. The van der Waals surface area contributed by atoms with E-state index in [-0.39, 0.29) is 18.9 Å². The van der Waals surface area contributed by atoms with E-state index in [1.807, 2.05) is 0 Å². The quantitative estimate of drug-likeness (QED) is 0.815. The number of nitrogen functional groups attached to an aromatic ring is 1. The summed E-state index contributed by atoms with van der Waals surface area (Å²) in [6.45, 7) is 1.77. The number of nitrogens with two attached hydrogens (primary N) is 1. The molecule has 0 radical (unpaired) electrons. The molecule has 0 aliphatic rings. The van der Waals surface area contributed by atoms with Crippen LogP contribution in [0.15, 0.2) is 12.3 Å². The highest BCUT2D eigenvalue weighted by Crippen LogP contribution is 2.21. The molecule has 0 amide bonds. The predicted octanol–water partition coefficient (Wildman–Crippen LogP) is 2.69. The zero-order valence-corrected chi connectivity index (χ0v) is 8.84. The normalized spacial score (nSPS) is 11.5. The molecule has 16 heavy (non-hydrogen) atoms. The Bertz CT molecular complexity index is 352. The summed E-state index contributed by atoms with van der Waals surface area (Å²) < 4.78 is 40.5. The summed E-state index contributed by atoms with van der Waals surface area (Å²) in [7, 11) is 0. The molecule has 1 heterocycles. The molecule has 1 rings (SSSR count). The zero-order valence-electron chi connectivity index (χ0n) is 8.84. The number of pyridine rings is 1. The number of hydrogen-bond donors (Lipinski definition) is 1. The molecule has 0 aromatic carbocycles. The van der Waals surface area contributed by atoms with Crippen molar-refractivity contribution in [1.82, 2.24) is 4.98 Å². The topological polar surface area (TPSA) is 48.1 Å². The first-order chi connectivity index (χ1) is 7.38. The summed E-state index contributed by atoms with van der Waals surface area (Å²) in [5.74, 6) is 0.255. The predicted molar refractivity (Wildman–Crippen MR) is 54.2 cm³/mol. The second-order valence-electron chi connectivity index (χ2n) is 3.45. The maximum absolute atomic E-state index is 11.8. The van der Waals surface area contributed by atoms with E-state index in [0.717, 1.165) is 5.56 Å². The van der Waals surface area contributed by atoms with Crippen molar-refractivity contribution in [2.45, 2.75) is 25.9 Å². The number of ether oxygens (including phenoxy) is 1. The van der Waals surface area contributed by atoms with Crippen LogP contribution in [0.2, 0.25) is 0 Å². The van der Waals surface area contributed by atoms with E-state index in [1.54, 1.807) is 6.92 Å². The lowest BCUT2D eigenvalue weighted by atomic mass is 10.3. The van der Waals surface area contributed by atoms with Crippen LogP contribution in [0, 0.1) is 6.92 Å². The number of aryl methyl sites for hydroxylation is 1. The highest BCUT2D eigenvalue weighted by Gasteiger charge is 2.26. The minimum Gasteiger partial charge on any atom is -0.478 e. The van der Waals surface area contributed by atoms with Crippen LogP contribution < -0.4 is 10.5 Å². The van der Waals surface area contributed by atoms with Gasteiger partial charge >= 0.3 is 6.18 Å². The van der Waals surface area contributed by atoms with Crippen LogP contribution in [0.3, 0.4) is 0 Å². The molecule has 1 aromatic rings. The smallest absolute Gasteiger partial charge is 0.389 e. The number of anilines is 1. The Morgan fingerprint density at radius 3 is 2.69 bits per heavy atom. The average molecular weight is 234 g/mol. The molecule has 6 heteroatoms. The van der Waals surface area contributed by atoms with E-state index >= 15 is 0 Å². The first-order valence-electron chi connectivity index (χ1n) is 4.80. The van der Waals surface area contributed by atoms with Gasteiger partial charge in [-0.2, -0.15) is 13.2 Å². The van der Waals surface area contributed by atoms with Gasteiger partial charge in [-0.1, -0.05) is 0 Å². The first-order valence-corrected chi connectivity index (χ1v) is 4.80. The van der Waals surface area contributed by atoms with Crippen molar-refractivity contribution in [3.63, 3.8) is 0 Å². The minimum atomic E-state index is -4.14. The van der Waals surface area contributed by atoms with Crippen molar-refractivity contribution in [2.75, 3.05) is 12.3 Å². The van der Waals surface area contributed by atoms with Gasteiger partial charge in [0.1, 0.15) is 0 Å². The van der Waals surface area contributed by atoms with E-state index in [2.05, 4.69) is 4.98 Å². The van der Waals surface area contributed by atoms with Gasteiger partial charge in [-0.25, -0.2) is 4.98 Å². The first kappa shape index (κ1) is 12.6. The Balaban J connectivity index is 2.35. The van der Waals surface area contributed by atoms with Gasteiger partial charge in [0.25, 0.3) is 0 Å². The molecule has 3 nitrogen and oxygen atoms in total. The van der Waals surface area contributed by atoms with E-state index in [4.69, 9.17) is 10.5 Å². The summed E-state index contributed by atoms with van der Waals surface area (Å²) in [6.07, 6.45) is -3.55. The Morgan fingerprint density at radius 2 is 2.12 bits per heavy atom. The summed E-state index contributed by atoms with van der Waals surface area (Å²) in [4.78, 5) is 3.89. The van der Waals surface area contributed by atoms with Gasteiger partial charge in [-0.05, 0) is 18.9 Å². The standard InChI is InChI=1S/C10H13F3N2O/c1-7-6-15-9(5-8(7)14)16-4-2-3-10(11,12)13/h5-6H,2-4H2,1H3,(H2,14,15). The van der Waals surface area contributed by atoms with E-state index < -0.39 is 12.6 Å². The fourth-order valence-electron chi connectivity index (χ4n) is 1.05. The number of hydrogen-bond acceptors (Lipinski definition) is 3. The van der Waals surface area contributed by atoms with Crippen molar-refractivity contribution in [3.05, 3.63) is 17.8 Å². The highest BCUT2D eigenvalue weighted by atomic mass is 19.4. The van der Waals surface area contributed by atoms with Gasteiger partial charge in [0, 0.05) is 24.4 Å². The molecule has 0 saturated heterocycles. The van der Waals surface area contributed by atoms with E-state index in [1.165, 1.54) is 12.3 Å². The zero-order chi connectivity index (χ0) is 12.2. The van der Waals surface area contributed by atoms with Crippen LogP contribution in [0.4, 0.5) is 18.9 Å². The summed E-state index contributed by atoms with van der Waals surface area (Å²) >= 11 is 0. The largest absolute Gasteiger partial charge is 0.478 e. The lowest BCUT2D eigenvalue weighted by Crippen LogP contribution is -2.10. The second kappa shape index (κ2) is 5.05. The van der Waals surface area contributed by atoms with E-state index in [9.17, 15) is 13.2 Å². The molecule has 2 N–H and O–H groups in total. The number of alkyl halides is 3. The van der Waals surface area contributed by atoms with Crippen LogP contribution in [0.5, 0.6) is 5.88 Å². The van der Waals surface area contributed by atoms with Crippen LogP contribution in [-0.4, -0.2) is 17.8 Å². The van der Waals surface area contributed by atoms with Crippen molar-refractivity contribution >= 4 is 5.69 Å². The van der Waals surface area contributed by atoms with Crippen LogP contribution in [-0.2, 0) is 0 Å². The van der Waals surface area contributed by atoms with Crippen molar-refractivity contribution < 1.29 is 17.9 Å². The van der Waals surface area contributed by atoms with Gasteiger partial charge in [-0.3, -0.25) is 0 Å². The fourth-order valence-corrected chi connectivity index (χ4v) is 1.05. The fraction of sp³-hybridized carbons (Fsp3) is 0.500. The molecule has 0 atom stereocenters. The molecule has 90 valence electrons. The molecule has 0 bridgehead atoms. The average Bonchev–Trinajstić information content (AvgIpc) is 2.17. The molecule has 1 aromatic heterocycles. The van der Waals surface area contributed by atoms with Crippen LogP contribution >= 0.6 is 0 Å². The number of halogens is 3. The van der Waals surface area contributed by atoms with Crippen molar-refractivity contribution in [2.24, 2.45) is 0 Å². The number of rotatable bonds is 4. The Labute approximate surface area is 91.4 Å². The molecule has 0 saturated carbocycles. The van der Waals surface area contributed by atoms with Crippen LogP contribution in [0.25, 0.3) is 0 Å². The Morgan fingerprint density at radius 1 is 1.44 bits per heavy atom. The third kappa shape index (κ3) is 4.37. The molecule has 0 fully saturated rings. The van der Waals surface area contributed by atoms with E-state index in [0.29, 0.717) is 5.69 Å². The Kier molecular flexibility index (Phi) is 3.98. The molecular weight excluding hydrogens is 221 g/mol. The summed E-state index contributed by atoms with van der Waals surface area (Å²) in [6, 6.07) is 1.50. The van der Waals surface area contributed by atoms with Crippen molar-refractivity contribution in [3.8, 4) is 5.88 Å². The minimum absolute atomic E-state index is 0.0188. The van der Waals surface area contributed by atoms with Gasteiger partial charge < -0.3 is 10.5 Å². The third-order valence-electron chi connectivity index (χ3n) is 1.97.